The van der Waals surface area contributed by atoms with E-state index in [0.29, 0.717) is 5.92 Å². The van der Waals surface area contributed by atoms with E-state index >= 15 is 0 Å². The second-order valence-corrected chi connectivity index (χ2v) is 6.24. The molecule has 0 atom stereocenters. The molecular weight excluding hydrogens is 260 g/mol. The van der Waals surface area contributed by atoms with Crippen molar-refractivity contribution in [1.82, 2.24) is 20.3 Å². The highest BCUT2D eigenvalue weighted by Gasteiger charge is 2.31. The topological polar surface area (TPSA) is 50.7 Å². The van der Waals surface area contributed by atoms with E-state index in [4.69, 9.17) is 9.97 Å². The maximum absolute atomic E-state index is 4.90. The van der Waals surface area contributed by atoms with Crippen LogP contribution in [0, 0.1) is 13.8 Å². The van der Waals surface area contributed by atoms with Gasteiger partial charge >= 0.3 is 0 Å². The molecule has 0 bridgehead atoms. The zero-order chi connectivity index (χ0) is 14.4. The molecule has 4 rings (SSSR count). The summed E-state index contributed by atoms with van der Waals surface area (Å²) in [6.07, 6.45) is 5.44. The summed E-state index contributed by atoms with van der Waals surface area (Å²) in [6, 6.07) is 2.16. The number of fused-ring (bicyclic) bond motifs is 1. The summed E-state index contributed by atoms with van der Waals surface area (Å²) in [7, 11) is 0. The van der Waals surface area contributed by atoms with Gasteiger partial charge in [-0.05, 0) is 37.8 Å². The van der Waals surface area contributed by atoms with E-state index in [9.17, 15) is 0 Å². The minimum atomic E-state index is 0.645. The minimum absolute atomic E-state index is 0.645. The highest BCUT2D eigenvalue weighted by atomic mass is 15.0. The van der Waals surface area contributed by atoms with E-state index in [1.165, 1.54) is 35.4 Å². The van der Waals surface area contributed by atoms with Crippen LogP contribution >= 0.6 is 0 Å². The molecule has 0 spiro atoms. The van der Waals surface area contributed by atoms with Gasteiger partial charge in [0.1, 0.15) is 5.69 Å². The summed E-state index contributed by atoms with van der Waals surface area (Å²) in [4.78, 5) is 14.3. The molecule has 2 aromatic rings. The zero-order valence-corrected chi connectivity index (χ0v) is 12.6. The average molecular weight is 280 g/mol. The van der Waals surface area contributed by atoms with Crippen molar-refractivity contribution in [1.29, 1.82) is 0 Å². The predicted molar refractivity (Wildman–Crippen MR) is 82.1 cm³/mol. The fraction of sp³-hybridized carbons (Fsp3) is 0.471. The summed E-state index contributed by atoms with van der Waals surface area (Å²) in [5.74, 6) is 1.46. The Balaban J connectivity index is 1.87. The van der Waals surface area contributed by atoms with Gasteiger partial charge in [-0.25, -0.2) is 9.97 Å². The molecule has 2 aromatic heterocycles. The molecule has 1 saturated carbocycles. The van der Waals surface area contributed by atoms with E-state index in [0.717, 1.165) is 36.6 Å². The lowest BCUT2D eigenvalue weighted by molar-refractivity contribution is 0.617. The number of hydrogen-bond donors (Lipinski definition) is 1. The normalized spacial score (nSPS) is 17.6. The van der Waals surface area contributed by atoms with Crippen molar-refractivity contribution in [2.75, 3.05) is 6.54 Å². The van der Waals surface area contributed by atoms with E-state index in [-0.39, 0.29) is 0 Å². The van der Waals surface area contributed by atoms with Crippen LogP contribution < -0.4 is 5.32 Å². The molecule has 3 heterocycles. The average Bonchev–Trinajstić information content (AvgIpc) is 3.30. The summed E-state index contributed by atoms with van der Waals surface area (Å²) < 4.78 is 0. The third kappa shape index (κ3) is 2.33. The summed E-state index contributed by atoms with van der Waals surface area (Å²) in [5, 5.41) is 3.45. The second-order valence-electron chi connectivity index (χ2n) is 6.24. The number of rotatable bonds is 2. The Kier molecular flexibility index (Phi) is 3.00. The molecule has 0 radical (unpaired) electrons. The fourth-order valence-corrected chi connectivity index (χ4v) is 3.12. The molecule has 108 valence electrons. The molecule has 0 saturated heterocycles. The van der Waals surface area contributed by atoms with Gasteiger partial charge < -0.3 is 5.32 Å². The Morgan fingerprint density at radius 1 is 1.19 bits per heavy atom. The minimum Gasteiger partial charge on any atom is -0.312 e. The SMILES string of the molecule is Cc1cnc(-c2nc3c(c(C4CC4)n2)CNCC3)c(C)c1. The van der Waals surface area contributed by atoms with Gasteiger partial charge in [0.05, 0.1) is 11.4 Å². The molecule has 1 aliphatic heterocycles. The number of aromatic nitrogens is 3. The third-order valence-electron chi connectivity index (χ3n) is 4.36. The van der Waals surface area contributed by atoms with Crippen molar-refractivity contribution in [2.24, 2.45) is 0 Å². The standard InChI is InChI=1S/C17H20N4/c1-10-7-11(2)15(19-8-10)17-20-14-5-6-18-9-13(14)16(21-17)12-3-4-12/h7-8,12,18H,3-6,9H2,1-2H3. The van der Waals surface area contributed by atoms with E-state index in [2.05, 4.69) is 30.2 Å². The van der Waals surface area contributed by atoms with E-state index < -0.39 is 0 Å². The van der Waals surface area contributed by atoms with Gasteiger partial charge in [-0.3, -0.25) is 4.98 Å². The van der Waals surface area contributed by atoms with Crippen LogP contribution in [0.4, 0.5) is 0 Å². The number of nitrogens with zero attached hydrogens (tertiary/aromatic N) is 3. The third-order valence-corrected chi connectivity index (χ3v) is 4.36. The number of hydrogen-bond acceptors (Lipinski definition) is 4. The van der Waals surface area contributed by atoms with Gasteiger partial charge in [0.25, 0.3) is 0 Å². The van der Waals surface area contributed by atoms with Crippen LogP contribution in [0.25, 0.3) is 11.5 Å². The van der Waals surface area contributed by atoms with Gasteiger partial charge in [-0.15, -0.1) is 0 Å². The highest BCUT2D eigenvalue weighted by molar-refractivity contribution is 5.56. The van der Waals surface area contributed by atoms with Gasteiger partial charge in [-0.2, -0.15) is 0 Å². The van der Waals surface area contributed by atoms with Crippen LogP contribution in [0.1, 0.15) is 46.8 Å². The van der Waals surface area contributed by atoms with Crippen molar-refractivity contribution in [3.63, 3.8) is 0 Å². The summed E-state index contributed by atoms with van der Waals surface area (Å²) in [5.41, 5.74) is 7.11. The highest BCUT2D eigenvalue weighted by Crippen LogP contribution is 2.42. The quantitative estimate of drug-likeness (QED) is 0.919. The van der Waals surface area contributed by atoms with Crippen LogP contribution in [0.15, 0.2) is 12.3 Å². The van der Waals surface area contributed by atoms with Crippen LogP contribution in [0.2, 0.25) is 0 Å². The second kappa shape index (κ2) is 4.88. The number of aryl methyl sites for hydroxylation is 2. The lowest BCUT2D eigenvalue weighted by Gasteiger charge is -2.20. The van der Waals surface area contributed by atoms with Crippen molar-refractivity contribution < 1.29 is 0 Å². The first-order valence-corrected chi connectivity index (χ1v) is 7.76. The molecule has 4 heteroatoms. The molecule has 0 unspecified atom stereocenters. The molecule has 0 amide bonds. The summed E-state index contributed by atoms with van der Waals surface area (Å²) >= 11 is 0. The van der Waals surface area contributed by atoms with E-state index in [1.54, 1.807) is 0 Å². The van der Waals surface area contributed by atoms with Crippen LogP contribution in [0.3, 0.4) is 0 Å². The smallest absolute Gasteiger partial charge is 0.178 e. The molecular formula is C17H20N4. The monoisotopic (exact) mass is 280 g/mol. The maximum atomic E-state index is 4.90. The van der Waals surface area contributed by atoms with Crippen molar-refractivity contribution in [3.8, 4) is 11.5 Å². The van der Waals surface area contributed by atoms with Crippen molar-refractivity contribution >= 4 is 0 Å². The van der Waals surface area contributed by atoms with Crippen molar-refractivity contribution in [2.45, 2.75) is 45.6 Å². The largest absolute Gasteiger partial charge is 0.312 e. The summed E-state index contributed by atoms with van der Waals surface area (Å²) in [6.45, 7) is 6.09. The maximum Gasteiger partial charge on any atom is 0.178 e. The molecule has 1 fully saturated rings. The van der Waals surface area contributed by atoms with Crippen LogP contribution in [0.5, 0.6) is 0 Å². The van der Waals surface area contributed by atoms with Gasteiger partial charge in [0.2, 0.25) is 0 Å². The molecule has 1 N–H and O–H groups in total. The Bertz CT molecular complexity index is 704. The van der Waals surface area contributed by atoms with Crippen LogP contribution in [-0.4, -0.2) is 21.5 Å². The first-order valence-electron chi connectivity index (χ1n) is 7.76. The molecule has 0 aromatic carbocycles. The van der Waals surface area contributed by atoms with Gasteiger partial charge in [0, 0.05) is 37.2 Å². The Labute approximate surface area is 125 Å². The van der Waals surface area contributed by atoms with Gasteiger partial charge in [-0.1, -0.05) is 6.07 Å². The first-order chi connectivity index (χ1) is 10.2. The predicted octanol–water partition coefficient (Wildman–Crippen LogP) is 2.68. The molecule has 2 aliphatic rings. The molecule has 4 nitrogen and oxygen atoms in total. The molecule has 1 aliphatic carbocycles. The lowest BCUT2D eigenvalue weighted by Crippen LogP contribution is -2.26. The Morgan fingerprint density at radius 3 is 2.81 bits per heavy atom. The van der Waals surface area contributed by atoms with Gasteiger partial charge in [0.15, 0.2) is 5.82 Å². The zero-order valence-electron chi connectivity index (χ0n) is 12.6. The van der Waals surface area contributed by atoms with Crippen LogP contribution in [-0.2, 0) is 13.0 Å². The molecule has 21 heavy (non-hydrogen) atoms. The Hall–Kier alpha value is -1.81. The Morgan fingerprint density at radius 2 is 2.05 bits per heavy atom. The van der Waals surface area contributed by atoms with Crippen molar-refractivity contribution in [3.05, 3.63) is 40.3 Å². The van der Waals surface area contributed by atoms with E-state index in [1.807, 2.05) is 6.20 Å². The number of nitrogens with one attached hydrogen (secondary N) is 1. The lowest BCUT2D eigenvalue weighted by atomic mass is 10.0. The first kappa shape index (κ1) is 12.9. The fourth-order valence-electron chi connectivity index (χ4n) is 3.12. The number of pyridine rings is 1.